The second kappa shape index (κ2) is 7.80. The Hall–Kier alpha value is -3.80. The quantitative estimate of drug-likeness (QED) is 0.506. The Bertz CT molecular complexity index is 1350. The van der Waals surface area contributed by atoms with E-state index in [2.05, 4.69) is 4.98 Å². The van der Waals surface area contributed by atoms with Gasteiger partial charge in [0.15, 0.2) is 0 Å². The van der Waals surface area contributed by atoms with Gasteiger partial charge in [0.25, 0.3) is 11.5 Å². The Morgan fingerprint density at radius 1 is 1.03 bits per heavy atom. The number of carbonyl (C=O) groups is 1. The molecular formula is C25H20FN3O2. The van der Waals surface area contributed by atoms with Gasteiger partial charge in [0.2, 0.25) is 0 Å². The van der Waals surface area contributed by atoms with Gasteiger partial charge in [-0.2, -0.15) is 0 Å². The fraction of sp³-hybridized carbons (Fsp3) is 0.160. The van der Waals surface area contributed by atoms with Crippen LogP contribution in [0, 0.1) is 5.82 Å². The Balaban J connectivity index is 1.63. The predicted octanol–water partition coefficient (Wildman–Crippen LogP) is 4.18. The lowest BCUT2D eigenvalue weighted by molar-refractivity contribution is 0.0983. The standard InChI is InChI=1S/C25H20FN3O2/c26-20-11-9-17(10-12-20)16-29-23-19(6-3-13-27-23)15-21(25(29)31)24(30)28-14-4-7-18-5-1-2-8-22(18)28/h1-3,5-6,8-13,15H,4,7,14,16H2. The van der Waals surface area contributed by atoms with Gasteiger partial charge in [-0.1, -0.05) is 30.3 Å². The predicted molar refractivity (Wildman–Crippen MR) is 118 cm³/mol. The van der Waals surface area contributed by atoms with Crippen molar-refractivity contribution in [2.75, 3.05) is 11.4 Å². The fourth-order valence-electron chi connectivity index (χ4n) is 4.17. The zero-order valence-electron chi connectivity index (χ0n) is 16.8. The molecule has 0 N–H and O–H groups in total. The van der Waals surface area contributed by atoms with Crippen molar-refractivity contribution in [1.29, 1.82) is 0 Å². The van der Waals surface area contributed by atoms with Crippen molar-refractivity contribution in [3.8, 4) is 0 Å². The van der Waals surface area contributed by atoms with E-state index in [-0.39, 0.29) is 23.8 Å². The van der Waals surface area contributed by atoms with Gasteiger partial charge in [-0.15, -0.1) is 0 Å². The van der Waals surface area contributed by atoms with Crippen LogP contribution in [0.15, 0.2) is 77.7 Å². The first-order valence-corrected chi connectivity index (χ1v) is 10.2. The van der Waals surface area contributed by atoms with Gasteiger partial charge in [0.05, 0.1) is 6.54 Å². The topological polar surface area (TPSA) is 55.2 Å². The van der Waals surface area contributed by atoms with E-state index in [1.54, 1.807) is 35.4 Å². The summed E-state index contributed by atoms with van der Waals surface area (Å²) < 4.78 is 14.8. The van der Waals surface area contributed by atoms with E-state index in [9.17, 15) is 14.0 Å². The molecule has 6 heteroatoms. The number of aryl methyl sites for hydroxylation is 1. The molecule has 0 fully saturated rings. The first kappa shape index (κ1) is 19.2. The number of hydrogen-bond acceptors (Lipinski definition) is 3. The van der Waals surface area contributed by atoms with Gasteiger partial charge < -0.3 is 4.90 Å². The fourth-order valence-corrected chi connectivity index (χ4v) is 4.17. The van der Waals surface area contributed by atoms with Crippen LogP contribution in [0.1, 0.15) is 27.9 Å². The molecule has 3 heterocycles. The van der Waals surface area contributed by atoms with Crippen molar-refractivity contribution in [3.63, 3.8) is 0 Å². The minimum atomic E-state index is -0.399. The maximum atomic E-state index is 13.5. The molecule has 154 valence electrons. The number of para-hydroxylation sites is 1. The largest absolute Gasteiger partial charge is 0.308 e. The van der Waals surface area contributed by atoms with Crippen LogP contribution in [0.25, 0.3) is 11.0 Å². The third kappa shape index (κ3) is 3.50. The SMILES string of the molecule is O=C(c1cc2cccnc2n(Cc2ccc(F)cc2)c1=O)N1CCCc2ccccc21. The zero-order chi connectivity index (χ0) is 21.4. The maximum absolute atomic E-state index is 13.5. The molecule has 5 nitrogen and oxygen atoms in total. The van der Waals surface area contributed by atoms with E-state index >= 15 is 0 Å². The second-order valence-electron chi connectivity index (χ2n) is 7.68. The molecule has 0 aliphatic carbocycles. The molecule has 1 amide bonds. The molecule has 2 aromatic carbocycles. The van der Waals surface area contributed by atoms with Gasteiger partial charge in [-0.25, -0.2) is 9.37 Å². The second-order valence-corrected chi connectivity index (χ2v) is 7.68. The average Bonchev–Trinajstić information content (AvgIpc) is 2.81. The van der Waals surface area contributed by atoms with Crippen LogP contribution in [-0.2, 0) is 13.0 Å². The molecule has 31 heavy (non-hydrogen) atoms. The number of carbonyl (C=O) groups excluding carboxylic acids is 1. The van der Waals surface area contributed by atoms with Crippen LogP contribution in [0.4, 0.5) is 10.1 Å². The zero-order valence-corrected chi connectivity index (χ0v) is 16.8. The smallest absolute Gasteiger partial charge is 0.265 e. The summed E-state index contributed by atoms with van der Waals surface area (Å²) >= 11 is 0. The number of amides is 1. The highest BCUT2D eigenvalue weighted by molar-refractivity contribution is 6.07. The van der Waals surface area contributed by atoms with Crippen molar-refractivity contribution in [2.24, 2.45) is 0 Å². The summed E-state index contributed by atoms with van der Waals surface area (Å²) in [6.45, 7) is 0.767. The molecule has 5 rings (SSSR count). The lowest BCUT2D eigenvalue weighted by atomic mass is 10.0. The van der Waals surface area contributed by atoms with Crippen molar-refractivity contribution < 1.29 is 9.18 Å². The van der Waals surface area contributed by atoms with Crippen molar-refractivity contribution >= 4 is 22.6 Å². The van der Waals surface area contributed by atoms with E-state index < -0.39 is 5.56 Å². The van der Waals surface area contributed by atoms with Crippen LogP contribution in [0.2, 0.25) is 0 Å². The number of nitrogens with zero attached hydrogens (tertiary/aromatic N) is 3. The Kier molecular flexibility index (Phi) is 4.82. The molecule has 1 aliphatic heterocycles. The highest BCUT2D eigenvalue weighted by Crippen LogP contribution is 2.28. The number of hydrogen-bond donors (Lipinski definition) is 0. The summed E-state index contributed by atoms with van der Waals surface area (Å²) in [5, 5.41) is 0.706. The molecular weight excluding hydrogens is 393 g/mol. The van der Waals surface area contributed by atoms with Gasteiger partial charge in [0, 0.05) is 23.8 Å². The van der Waals surface area contributed by atoms with Crippen LogP contribution in [0.5, 0.6) is 0 Å². The summed E-state index contributed by atoms with van der Waals surface area (Å²) in [5.41, 5.74) is 2.92. The van der Waals surface area contributed by atoms with E-state index in [0.717, 1.165) is 29.7 Å². The number of benzene rings is 2. The van der Waals surface area contributed by atoms with Crippen LogP contribution < -0.4 is 10.5 Å². The van der Waals surface area contributed by atoms with E-state index in [1.165, 1.54) is 16.7 Å². The number of fused-ring (bicyclic) bond motifs is 2. The highest BCUT2D eigenvalue weighted by atomic mass is 19.1. The first-order chi connectivity index (χ1) is 15.1. The molecule has 0 saturated heterocycles. The highest BCUT2D eigenvalue weighted by Gasteiger charge is 2.26. The normalized spacial score (nSPS) is 13.3. The minimum absolute atomic E-state index is 0.110. The molecule has 0 bridgehead atoms. The molecule has 0 radical (unpaired) electrons. The van der Waals surface area contributed by atoms with Crippen LogP contribution in [0.3, 0.4) is 0 Å². The summed E-state index contributed by atoms with van der Waals surface area (Å²) in [6.07, 6.45) is 3.38. The molecule has 0 atom stereocenters. The van der Waals surface area contributed by atoms with Gasteiger partial charge in [-0.3, -0.25) is 14.2 Å². The van der Waals surface area contributed by atoms with Gasteiger partial charge in [-0.05, 0) is 60.4 Å². The summed E-state index contributed by atoms with van der Waals surface area (Å²) in [7, 11) is 0. The third-order valence-electron chi connectivity index (χ3n) is 5.69. The van der Waals surface area contributed by atoms with Crippen molar-refractivity contribution in [3.05, 3.63) is 106 Å². The Labute approximate surface area is 178 Å². The number of anilines is 1. The molecule has 1 aliphatic rings. The minimum Gasteiger partial charge on any atom is -0.308 e. The van der Waals surface area contributed by atoms with Crippen molar-refractivity contribution in [1.82, 2.24) is 9.55 Å². The summed E-state index contributed by atoms with van der Waals surface area (Å²) in [6, 6.07) is 19.0. The van der Waals surface area contributed by atoms with Crippen LogP contribution >= 0.6 is 0 Å². The maximum Gasteiger partial charge on any atom is 0.265 e. The van der Waals surface area contributed by atoms with E-state index in [0.29, 0.717) is 17.6 Å². The number of pyridine rings is 2. The third-order valence-corrected chi connectivity index (χ3v) is 5.69. The molecule has 0 unspecified atom stereocenters. The lowest BCUT2D eigenvalue weighted by Gasteiger charge is -2.29. The summed E-state index contributed by atoms with van der Waals surface area (Å²) in [4.78, 5) is 33.0. The van der Waals surface area contributed by atoms with Crippen LogP contribution in [-0.4, -0.2) is 22.0 Å². The van der Waals surface area contributed by atoms with Gasteiger partial charge >= 0.3 is 0 Å². The van der Waals surface area contributed by atoms with E-state index in [1.807, 2.05) is 30.3 Å². The molecule has 2 aromatic heterocycles. The summed E-state index contributed by atoms with van der Waals surface area (Å²) in [5.74, 6) is -0.650. The first-order valence-electron chi connectivity index (χ1n) is 10.2. The number of aromatic nitrogens is 2. The Morgan fingerprint density at radius 2 is 1.84 bits per heavy atom. The molecule has 0 saturated carbocycles. The van der Waals surface area contributed by atoms with Crippen molar-refractivity contribution in [2.45, 2.75) is 19.4 Å². The molecule has 0 spiro atoms. The number of halogens is 1. The van der Waals surface area contributed by atoms with E-state index in [4.69, 9.17) is 0 Å². The van der Waals surface area contributed by atoms with Gasteiger partial charge in [0.1, 0.15) is 17.0 Å². The molecule has 4 aromatic rings. The number of rotatable bonds is 3. The lowest BCUT2D eigenvalue weighted by Crippen LogP contribution is -2.39. The average molecular weight is 413 g/mol. The monoisotopic (exact) mass is 413 g/mol. The Morgan fingerprint density at radius 3 is 2.68 bits per heavy atom.